The number of nitrogens with one attached hydrogen (secondary N) is 2. The van der Waals surface area contributed by atoms with E-state index in [1.807, 2.05) is 48.0 Å². The van der Waals surface area contributed by atoms with Crippen molar-refractivity contribution in [1.29, 1.82) is 0 Å². The number of thiophene rings is 1. The number of benzene rings is 2. The maximum atomic E-state index is 12.7. The monoisotopic (exact) mass is 533 g/mol. The maximum Gasteiger partial charge on any atom is 0.257 e. The van der Waals surface area contributed by atoms with E-state index >= 15 is 0 Å². The molecule has 2 N–H and O–H groups in total. The zero-order chi connectivity index (χ0) is 23.4. The first-order valence-corrected chi connectivity index (χ1v) is 13.1. The highest BCUT2D eigenvalue weighted by atomic mass is 35.5. The molecule has 2 heterocycles. The molecule has 0 radical (unpaired) electrons. The second-order valence-corrected chi connectivity index (χ2v) is 10.9. The lowest BCUT2D eigenvalue weighted by Gasteiger charge is -2.12. The predicted octanol–water partition coefficient (Wildman–Crippen LogP) is 7.55. The Morgan fingerprint density at radius 1 is 1.03 bits per heavy atom. The minimum absolute atomic E-state index is 0.144. The van der Waals surface area contributed by atoms with Crippen LogP contribution < -0.4 is 10.6 Å². The van der Waals surface area contributed by atoms with Crippen LogP contribution in [0.5, 0.6) is 0 Å². The van der Waals surface area contributed by atoms with Crippen molar-refractivity contribution in [2.75, 3.05) is 10.6 Å². The van der Waals surface area contributed by atoms with E-state index in [9.17, 15) is 9.59 Å². The lowest BCUT2D eigenvalue weighted by molar-refractivity contribution is -0.115. The average molecular weight is 535 g/mol. The number of anilines is 2. The van der Waals surface area contributed by atoms with Crippen molar-refractivity contribution < 1.29 is 9.59 Å². The molecule has 168 valence electrons. The van der Waals surface area contributed by atoms with Crippen molar-refractivity contribution in [3.63, 3.8) is 0 Å². The molecule has 0 aliphatic heterocycles. The molecule has 0 bridgehead atoms. The van der Waals surface area contributed by atoms with E-state index in [4.69, 9.17) is 23.2 Å². The number of thioether (sulfide) groups is 1. The molecule has 1 atom stereocenters. The van der Waals surface area contributed by atoms with Crippen LogP contribution in [-0.2, 0) is 4.79 Å². The largest absolute Gasteiger partial charge is 0.322 e. The van der Waals surface area contributed by atoms with E-state index in [0.29, 0.717) is 21.4 Å². The van der Waals surface area contributed by atoms with Crippen molar-refractivity contribution >= 4 is 80.3 Å². The smallest absolute Gasteiger partial charge is 0.257 e. The van der Waals surface area contributed by atoms with Crippen LogP contribution in [0.25, 0.3) is 10.6 Å². The fourth-order valence-corrected chi connectivity index (χ4v) is 5.75. The second kappa shape index (κ2) is 10.7. The molecule has 4 aromatic rings. The number of hydrogen-bond acceptors (Lipinski definition) is 6. The number of thiazole rings is 1. The summed E-state index contributed by atoms with van der Waals surface area (Å²) in [5, 5.41) is 10.6. The molecular formula is C23H17Cl2N3O2S3. The minimum Gasteiger partial charge on any atom is -0.322 e. The molecule has 4 rings (SSSR count). The molecule has 33 heavy (non-hydrogen) atoms. The molecule has 10 heteroatoms. The third kappa shape index (κ3) is 6.16. The van der Waals surface area contributed by atoms with E-state index in [1.54, 1.807) is 29.5 Å². The highest BCUT2D eigenvalue weighted by Gasteiger charge is 2.17. The zero-order valence-electron chi connectivity index (χ0n) is 17.2. The van der Waals surface area contributed by atoms with Crippen molar-refractivity contribution in [2.45, 2.75) is 17.1 Å². The minimum atomic E-state index is -0.365. The van der Waals surface area contributed by atoms with E-state index in [0.717, 1.165) is 15.5 Å². The van der Waals surface area contributed by atoms with Crippen molar-refractivity contribution in [3.05, 3.63) is 81.0 Å². The first-order valence-electron chi connectivity index (χ1n) is 9.72. The van der Waals surface area contributed by atoms with Gasteiger partial charge in [0.2, 0.25) is 5.91 Å². The summed E-state index contributed by atoms with van der Waals surface area (Å²) in [5.41, 5.74) is 1.79. The molecule has 0 spiro atoms. The summed E-state index contributed by atoms with van der Waals surface area (Å²) >= 11 is 16.4. The van der Waals surface area contributed by atoms with E-state index in [-0.39, 0.29) is 22.1 Å². The standard InChI is InChI=1S/C23H17Cl2N3O2S3/c1-13(21(29)28-23-27-19(12-32-23)20-6-3-9-31-20)33-16-5-2-4-15(11-16)26-22(30)17-8-7-14(24)10-18(17)25/h2-13H,1H3,(H,26,30)(H,27,28,29). The first-order chi connectivity index (χ1) is 15.9. The highest BCUT2D eigenvalue weighted by molar-refractivity contribution is 8.00. The van der Waals surface area contributed by atoms with Gasteiger partial charge >= 0.3 is 0 Å². The van der Waals surface area contributed by atoms with Gasteiger partial charge in [0.15, 0.2) is 5.13 Å². The van der Waals surface area contributed by atoms with Crippen LogP contribution in [0.2, 0.25) is 10.0 Å². The highest BCUT2D eigenvalue weighted by Crippen LogP contribution is 2.30. The quantitative estimate of drug-likeness (QED) is 0.240. The van der Waals surface area contributed by atoms with Gasteiger partial charge in [-0.3, -0.25) is 9.59 Å². The summed E-state index contributed by atoms with van der Waals surface area (Å²) < 4.78 is 0. The van der Waals surface area contributed by atoms with Crippen LogP contribution in [0.3, 0.4) is 0 Å². The van der Waals surface area contributed by atoms with Crippen LogP contribution in [0, 0.1) is 0 Å². The summed E-state index contributed by atoms with van der Waals surface area (Å²) in [6.45, 7) is 1.83. The van der Waals surface area contributed by atoms with Crippen molar-refractivity contribution in [2.24, 2.45) is 0 Å². The molecule has 0 aliphatic rings. The van der Waals surface area contributed by atoms with Crippen molar-refractivity contribution in [3.8, 4) is 10.6 Å². The Balaban J connectivity index is 1.37. The SMILES string of the molecule is CC(Sc1cccc(NC(=O)c2ccc(Cl)cc2Cl)c1)C(=O)Nc1nc(-c2cccs2)cs1. The summed E-state index contributed by atoms with van der Waals surface area (Å²) in [5.74, 6) is -0.482. The third-order valence-electron chi connectivity index (χ3n) is 4.46. The fourth-order valence-electron chi connectivity index (χ4n) is 2.85. The third-order valence-corrected chi connectivity index (χ3v) is 7.75. The molecule has 0 fully saturated rings. The number of carbonyl (C=O) groups is 2. The van der Waals surface area contributed by atoms with Crippen LogP contribution in [0.1, 0.15) is 17.3 Å². The lowest BCUT2D eigenvalue weighted by Crippen LogP contribution is -2.22. The van der Waals surface area contributed by atoms with Gasteiger partial charge in [0, 0.05) is 21.0 Å². The van der Waals surface area contributed by atoms with Crippen LogP contribution in [0.4, 0.5) is 10.8 Å². The van der Waals surface area contributed by atoms with Gasteiger partial charge in [-0.2, -0.15) is 0 Å². The van der Waals surface area contributed by atoms with Gasteiger partial charge in [0.25, 0.3) is 5.91 Å². The second-order valence-electron chi connectivity index (χ2n) is 6.87. The Morgan fingerprint density at radius 2 is 1.88 bits per heavy atom. The maximum absolute atomic E-state index is 12.7. The summed E-state index contributed by atoms with van der Waals surface area (Å²) in [7, 11) is 0. The zero-order valence-corrected chi connectivity index (χ0v) is 21.1. The number of amides is 2. The molecule has 5 nitrogen and oxygen atoms in total. The van der Waals surface area contributed by atoms with Gasteiger partial charge in [-0.25, -0.2) is 4.98 Å². The summed E-state index contributed by atoms with van der Waals surface area (Å²) in [6.07, 6.45) is 0. The van der Waals surface area contributed by atoms with E-state index in [2.05, 4.69) is 15.6 Å². The Bertz CT molecular complexity index is 1290. The van der Waals surface area contributed by atoms with E-state index in [1.165, 1.54) is 29.2 Å². The van der Waals surface area contributed by atoms with Gasteiger partial charge in [-0.05, 0) is 54.8 Å². The van der Waals surface area contributed by atoms with Crippen molar-refractivity contribution in [1.82, 2.24) is 4.98 Å². The molecule has 2 aromatic heterocycles. The van der Waals surface area contributed by atoms with Gasteiger partial charge < -0.3 is 10.6 Å². The molecular weight excluding hydrogens is 517 g/mol. The lowest BCUT2D eigenvalue weighted by atomic mass is 10.2. The summed E-state index contributed by atoms with van der Waals surface area (Å²) in [6, 6.07) is 16.0. The fraction of sp³-hybridized carbons (Fsp3) is 0.0870. The number of hydrogen-bond donors (Lipinski definition) is 2. The number of carbonyl (C=O) groups excluding carboxylic acids is 2. The number of rotatable bonds is 7. The van der Waals surface area contributed by atoms with Crippen LogP contribution in [-0.4, -0.2) is 22.0 Å². The number of halogens is 2. The van der Waals surface area contributed by atoms with Crippen LogP contribution in [0.15, 0.2) is 70.3 Å². The molecule has 0 saturated carbocycles. The Morgan fingerprint density at radius 3 is 2.64 bits per heavy atom. The number of nitrogens with zero attached hydrogens (tertiary/aromatic N) is 1. The average Bonchev–Trinajstić information content (AvgIpc) is 3.46. The Hall–Kier alpha value is -2.36. The molecule has 2 amide bonds. The normalized spacial score (nSPS) is 11.7. The molecule has 0 saturated heterocycles. The molecule has 1 unspecified atom stereocenters. The summed E-state index contributed by atoms with van der Waals surface area (Å²) in [4.78, 5) is 31.6. The van der Waals surface area contributed by atoms with Gasteiger partial charge in [0.1, 0.15) is 0 Å². The predicted molar refractivity (Wildman–Crippen MR) is 140 cm³/mol. The molecule has 2 aromatic carbocycles. The number of aromatic nitrogens is 1. The molecule has 0 aliphatic carbocycles. The van der Waals surface area contributed by atoms with Crippen LogP contribution >= 0.6 is 57.6 Å². The van der Waals surface area contributed by atoms with Gasteiger partial charge in [0.05, 0.1) is 26.4 Å². The Labute approximate surface area is 213 Å². The Kier molecular flexibility index (Phi) is 7.72. The van der Waals surface area contributed by atoms with Gasteiger partial charge in [-0.15, -0.1) is 34.4 Å². The first kappa shape index (κ1) is 23.8. The van der Waals surface area contributed by atoms with E-state index < -0.39 is 0 Å². The van der Waals surface area contributed by atoms with Gasteiger partial charge in [-0.1, -0.05) is 35.3 Å². The topological polar surface area (TPSA) is 71.1 Å².